The molecule has 7 heteroatoms. The third kappa shape index (κ3) is 4.73. The molecule has 28 heavy (non-hydrogen) atoms. The fourth-order valence-corrected chi connectivity index (χ4v) is 3.02. The van der Waals surface area contributed by atoms with Crippen LogP contribution in [0.25, 0.3) is 10.9 Å². The van der Waals surface area contributed by atoms with Gasteiger partial charge in [0.05, 0.1) is 0 Å². The van der Waals surface area contributed by atoms with E-state index >= 15 is 0 Å². The number of ether oxygens (including phenoxy) is 1. The summed E-state index contributed by atoms with van der Waals surface area (Å²) in [6.45, 7) is 1.05. The topological polar surface area (TPSA) is 71.2 Å². The van der Waals surface area contributed by atoms with E-state index in [9.17, 15) is 18.4 Å². The molecule has 3 rings (SSSR count). The summed E-state index contributed by atoms with van der Waals surface area (Å²) in [5.74, 6) is -3.72. The number of halogens is 2. The van der Waals surface area contributed by atoms with Gasteiger partial charge in [-0.15, -0.1) is 0 Å². The van der Waals surface area contributed by atoms with Crippen LogP contribution in [0.3, 0.4) is 0 Å². The summed E-state index contributed by atoms with van der Waals surface area (Å²) in [4.78, 5) is 26.1. The van der Waals surface area contributed by atoms with Crippen LogP contribution in [0.2, 0.25) is 0 Å². The number of carbonyl (C=O) groups is 2. The maximum atomic E-state index is 13.9. The Bertz CT molecular complexity index is 991. The lowest BCUT2D eigenvalue weighted by molar-refractivity contribution is -0.132. The number of hydrogen-bond donors (Lipinski definition) is 2. The summed E-state index contributed by atoms with van der Waals surface area (Å²) in [7, 11) is 0. The molecule has 0 fully saturated rings. The zero-order valence-electron chi connectivity index (χ0n) is 15.4. The predicted octanol–water partition coefficient (Wildman–Crippen LogP) is 4.01. The number of H-pyrrole nitrogens is 1. The normalized spacial score (nSPS) is 10.8. The number of nitrogens with one attached hydrogen (secondary N) is 2. The van der Waals surface area contributed by atoms with Crippen LogP contribution in [0, 0.1) is 11.6 Å². The van der Waals surface area contributed by atoms with Gasteiger partial charge in [0.15, 0.2) is 11.6 Å². The molecule has 1 amide bonds. The van der Waals surface area contributed by atoms with E-state index in [1.807, 2.05) is 30.5 Å². The van der Waals surface area contributed by atoms with Crippen molar-refractivity contribution in [2.24, 2.45) is 0 Å². The number of aromatic nitrogens is 1. The van der Waals surface area contributed by atoms with E-state index in [0.29, 0.717) is 12.8 Å². The van der Waals surface area contributed by atoms with Crippen LogP contribution in [-0.4, -0.2) is 16.9 Å². The predicted molar refractivity (Wildman–Crippen MR) is 101 cm³/mol. The molecule has 2 aromatic carbocycles. The molecule has 0 aliphatic rings. The second kappa shape index (κ2) is 8.65. The first-order chi connectivity index (χ1) is 13.4. The molecule has 3 aromatic rings. The van der Waals surface area contributed by atoms with Gasteiger partial charge in [-0.2, -0.15) is 0 Å². The number of fused-ring (bicyclic) bond motifs is 1. The van der Waals surface area contributed by atoms with E-state index in [0.717, 1.165) is 41.9 Å². The SMILES string of the molecule is CC(=O)Oc1c(F)cc(CNC(=O)CCCc2c[nH]c3ccccc23)cc1F. The van der Waals surface area contributed by atoms with Crippen LogP contribution in [0.15, 0.2) is 42.6 Å². The quantitative estimate of drug-likeness (QED) is 0.476. The third-order valence-electron chi connectivity index (χ3n) is 4.32. The number of para-hydroxylation sites is 1. The van der Waals surface area contributed by atoms with Crippen LogP contribution in [0.5, 0.6) is 5.75 Å². The average Bonchev–Trinajstić information content (AvgIpc) is 3.06. The second-order valence-electron chi connectivity index (χ2n) is 6.47. The van der Waals surface area contributed by atoms with E-state index in [4.69, 9.17) is 0 Å². The molecular weight excluding hydrogens is 366 g/mol. The number of benzene rings is 2. The highest BCUT2D eigenvalue weighted by molar-refractivity contribution is 5.83. The van der Waals surface area contributed by atoms with E-state index in [-0.39, 0.29) is 18.0 Å². The molecule has 0 saturated heterocycles. The Kier molecular flexibility index (Phi) is 6.03. The van der Waals surface area contributed by atoms with Gasteiger partial charge >= 0.3 is 5.97 Å². The number of rotatable bonds is 7. The molecule has 0 spiro atoms. The van der Waals surface area contributed by atoms with Gasteiger partial charge in [0.25, 0.3) is 0 Å². The van der Waals surface area contributed by atoms with E-state index in [2.05, 4.69) is 15.0 Å². The van der Waals surface area contributed by atoms with E-state index < -0.39 is 23.4 Å². The van der Waals surface area contributed by atoms with Gasteiger partial charge < -0.3 is 15.0 Å². The Labute approximate surface area is 160 Å². The van der Waals surface area contributed by atoms with Crippen LogP contribution >= 0.6 is 0 Å². The molecule has 1 aromatic heterocycles. The first-order valence-electron chi connectivity index (χ1n) is 8.92. The molecule has 0 unspecified atom stereocenters. The number of amides is 1. The number of aryl methyl sites for hydroxylation is 1. The highest BCUT2D eigenvalue weighted by Gasteiger charge is 2.15. The first kappa shape index (κ1) is 19.5. The molecule has 146 valence electrons. The Morgan fingerprint density at radius 1 is 1.14 bits per heavy atom. The fraction of sp³-hybridized carbons (Fsp3) is 0.238. The van der Waals surface area contributed by atoms with Crippen LogP contribution < -0.4 is 10.1 Å². The van der Waals surface area contributed by atoms with E-state index in [1.54, 1.807) is 0 Å². The number of esters is 1. The molecule has 2 N–H and O–H groups in total. The molecule has 1 heterocycles. The number of aromatic amines is 1. The molecule has 0 saturated carbocycles. The minimum atomic E-state index is -0.987. The maximum absolute atomic E-state index is 13.9. The zero-order valence-corrected chi connectivity index (χ0v) is 15.4. The second-order valence-corrected chi connectivity index (χ2v) is 6.47. The van der Waals surface area contributed by atoms with Gasteiger partial charge in [0.2, 0.25) is 11.7 Å². The largest absolute Gasteiger partial charge is 0.420 e. The van der Waals surface area contributed by atoms with Crippen molar-refractivity contribution in [3.05, 3.63) is 65.4 Å². The lowest BCUT2D eigenvalue weighted by Crippen LogP contribution is -2.22. The van der Waals surface area contributed by atoms with E-state index in [1.165, 1.54) is 0 Å². The van der Waals surface area contributed by atoms with Gasteiger partial charge in [-0.05, 0) is 42.2 Å². The van der Waals surface area contributed by atoms with Crippen molar-refractivity contribution in [3.8, 4) is 5.75 Å². The summed E-state index contributed by atoms with van der Waals surface area (Å²) in [5.41, 5.74) is 2.45. The monoisotopic (exact) mass is 386 g/mol. The molecular formula is C21H20F2N2O3. The van der Waals surface area contributed by atoms with Crippen molar-refractivity contribution in [3.63, 3.8) is 0 Å². The van der Waals surface area contributed by atoms with Crippen molar-refractivity contribution < 1.29 is 23.1 Å². The van der Waals surface area contributed by atoms with Gasteiger partial charge in [-0.1, -0.05) is 18.2 Å². The van der Waals surface area contributed by atoms with Gasteiger partial charge in [0, 0.05) is 37.0 Å². The summed E-state index contributed by atoms with van der Waals surface area (Å²) < 4.78 is 32.2. The van der Waals surface area contributed by atoms with Crippen LogP contribution in [0.4, 0.5) is 8.78 Å². The smallest absolute Gasteiger partial charge is 0.308 e. The summed E-state index contributed by atoms with van der Waals surface area (Å²) in [6.07, 6.45) is 3.65. The Hall–Kier alpha value is -3.22. The standard InChI is InChI=1S/C21H20F2N2O3/c1-13(26)28-21-17(22)9-14(10-18(21)23)11-25-20(27)8-4-5-15-12-24-19-7-3-2-6-16(15)19/h2-3,6-7,9-10,12,24H,4-5,8,11H2,1H3,(H,25,27). The minimum Gasteiger partial charge on any atom is -0.420 e. The molecule has 0 bridgehead atoms. The minimum absolute atomic E-state index is 0.0138. The van der Waals surface area contributed by atoms with Crippen LogP contribution in [0.1, 0.15) is 30.9 Å². The first-order valence-corrected chi connectivity index (χ1v) is 8.92. The Morgan fingerprint density at radius 3 is 2.57 bits per heavy atom. The lowest BCUT2D eigenvalue weighted by Gasteiger charge is -2.09. The van der Waals surface area contributed by atoms with Crippen molar-refractivity contribution in [2.45, 2.75) is 32.7 Å². The Balaban J connectivity index is 1.50. The molecule has 0 aliphatic carbocycles. The highest BCUT2D eigenvalue weighted by Crippen LogP contribution is 2.23. The summed E-state index contributed by atoms with van der Waals surface area (Å²) in [5, 5.41) is 3.78. The maximum Gasteiger partial charge on any atom is 0.308 e. The van der Waals surface area contributed by atoms with Gasteiger partial charge in [0.1, 0.15) is 0 Å². The Morgan fingerprint density at radius 2 is 1.86 bits per heavy atom. The number of carbonyl (C=O) groups excluding carboxylic acids is 2. The lowest BCUT2D eigenvalue weighted by atomic mass is 10.1. The summed E-state index contributed by atoms with van der Waals surface area (Å²) >= 11 is 0. The van der Waals surface area contributed by atoms with Crippen molar-refractivity contribution in [1.82, 2.24) is 10.3 Å². The zero-order chi connectivity index (χ0) is 20.1. The molecule has 5 nitrogen and oxygen atoms in total. The van der Waals surface area contributed by atoms with Crippen LogP contribution in [-0.2, 0) is 22.6 Å². The van der Waals surface area contributed by atoms with Gasteiger partial charge in [-0.3, -0.25) is 9.59 Å². The molecule has 0 radical (unpaired) electrons. The third-order valence-corrected chi connectivity index (χ3v) is 4.32. The number of hydrogen-bond acceptors (Lipinski definition) is 3. The highest BCUT2D eigenvalue weighted by atomic mass is 19.1. The van der Waals surface area contributed by atoms with Gasteiger partial charge in [-0.25, -0.2) is 8.78 Å². The average molecular weight is 386 g/mol. The molecule has 0 atom stereocenters. The van der Waals surface area contributed by atoms with Crippen molar-refractivity contribution in [1.29, 1.82) is 0 Å². The fourth-order valence-electron chi connectivity index (χ4n) is 3.02. The summed E-state index contributed by atoms with van der Waals surface area (Å²) in [6, 6.07) is 10.0. The van der Waals surface area contributed by atoms with Crippen molar-refractivity contribution >= 4 is 22.8 Å². The van der Waals surface area contributed by atoms with Crippen molar-refractivity contribution in [2.75, 3.05) is 0 Å². The molecule has 0 aliphatic heterocycles.